The molecule has 0 aliphatic heterocycles. The highest BCUT2D eigenvalue weighted by Crippen LogP contribution is 2.10. The van der Waals surface area contributed by atoms with Crippen molar-refractivity contribution in [3.63, 3.8) is 0 Å². The van der Waals surface area contributed by atoms with Gasteiger partial charge in [0.2, 0.25) is 0 Å². The number of hydrogen-bond acceptors (Lipinski definition) is 2. The molecule has 0 amide bonds. The fraction of sp³-hybridized carbons (Fsp3) is 0.700. The van der Waals surface area contributed by atoms with Gasteiger partial charge in [0.05, 0.1) is 12.3 Å². The lowest BCUT2D eigenvalue weighted by atomic mass is 10.4. The van der Waals surface area contributed by atoms with Crippen molar-refractivity contribution in [2.45, 2.75) is 40.3 Å². The van der Waals surface area contributed by atoms with Crippen LogP contribution in [0.1, 0.15) is 38.3 Å². The van der Waals surface area contributed by atoms with E-state index >= 15 is 0 Å². The number of hydrogen-bond donors (Lipinski definition) is 0. The van der Waals surface area contributed by atoms with E-state index in [0.29, 0.717) is 12.6 Å². The summed E-state index contributed by atoms with van der Waals surface area (Å²) in [4.78, 5) is 4.41. The van der Waals surface area contributed by atoms with Crippen LogP contribution in [0.5, 0.6) is 0 Å². The van der Waals surface area contributed by atoms with Crippen molar-refractivity contribution in [3.05, 3.63) is 17.7 Å². The van der Waals surface area contributed by atoms with Gasteiger partial charge in [-0.1, -0.05) is 0 Å². The van der Waals surface area contributed by atoms with E-state index in [0.717, 1.165) is 18.1 Å². The Morgan fingerprint density at radius 3 is 2.69 bits per heavy atom. The molecule has 0 spiro atoms. The zero-order chi connectivity index (χ0) is 9.84. The molecule has 0 aliphatic rings. The van der Waals surface area contributed by atoms with Gasteiger partial charge in [0, 0.05) is 18.8 Å². The number of aromatic nitrogens is 2. The molecule has 0 bridgehead atoms. The molecular weight excluding hydrogens is 164 g/mol. The second-order valence-electron chi connectivity index (χ2n) is 3.42. The Morgan fingerprint density at radius 2 is 2.23 bits per heavy atom. The number of ether oxygens (including phenoxy) is 1. The lowest BCUT2D eigenvalue weighted by molar-refractivity contribution is 0.131. The molecule has 3 heteroatoms. The zero-order valence-electron chi connectivity index (χ0n) is 8.87. The average molecular weight is 182 g/mol. The Hall–Kier alpha value is -0.830. The molecule has 0 radical (unpaired) electrons. The Morgan fingerprint density at radius 1 is 1.54 bits per heavy atom. The highest BCUT2D eigenvalue weighted by molar-refractivity contribution is 5.02. The van der Waals surface area contributed by atoms with Gasteiger partial charge in [0.15, 0.2) is 0 Å². The van der Waals surface area contributed by atoms with Crippen molar-refractivity contribution in [2.24, 2.45) is 0 Å². The molecular formula is C10H18N2O. The van der Waals surface area contributed by atoms with Crippen LogP contribution in [0.25, 0.3) is 0 Å². The van der Waals surface area contributed by atoms with Crippen molar-refractivity contribution in [1.29, 1.82) is 0 Å². The average Bonchev–Trinajstić information content (AvgIpc) is 2.43. The molecule has 0 saturated heterocycles. The Bertz CT molecular complexity index is 266. The monoisotopic (exact) mass is 182 g/mol. The maximum atomic E-state index is 5.29. The molecule has 0 saturated carbocycles. The number of rotatable bonds is 4. The summed E-state index contributed by atoms with van der Waals surface area (Å²) < 4.78 is 7.45. The summed E-state index contributed by atoms with van der Waals surface area (Å²) in [5, 5.41) is 0. The Labute approximate surface area is 79.7 Å². The molecule has 74 valence electrons. The summed E-state index contributed by atoms with van der Waals surface area (Å²) in [6.45, 7) is 9.69. The predicted octanol–water partition coefficient (Wildman–Crippen LogP) is 2.31. The first-order valence-electron chi connectivity index (χ1n) is 4.77. The van der Waals surface area contributed by atoms with E-state index in [-0.39, 0.29) is 0 Å². The third kappa shape index (κ3) is 2.56. The smallest absolute Gasteiger partial charge is 0.106 e. The van der Waals surface area contributed by atoms with Crippen molar-refractivity contribution >= 4 is 0 Å². The number of aryl methyl sites for hydroxylation is 1. The summed E-state index contributed by atoms with van der Waals surface area (Å²) in [5.74, 6) is 1.06. The summed E-state index contributed by atoms with van der Waals surface area (Å²) >= 11 is 0. The highest BCUT2D eigenvalue weighted by Gasteiger charge is 2.05. The third-order valence-corrected chi connectivity index (χ3v) is 1.98. The van der Waals surface area contributed by atoms with Crippen molar-refractivity contribution in [1.82, 2.24) is 9.55 Å². The maximum absolute atomic E-state index is 5.29. The van der Waals surface area contributed by atoms with Gasteiger partial charge in [-0.3, -0.25) is 0 Å². The first-order chi connectivity index (χ1) is 6.15. The SMILES string of the molecule is CCOCc1cn(C(C)C)c(C)n1. The standard InChI is InChI=1S/C10H18N2O/c1-5-13-7-10-6-12(8(2)3)9(4)11-10/h6,8H,5,7H2,1-4H3. The molecule has 0 N–H and O–H groups in total. The van der Waals surface area contributed by atoms with E-state index in [4.69, 9.17) is 4.74 Å². The van der Waals surface area contributed by atoms with Gasteiger partial charge in [-0.25, -0.2) is 4.98 Å². The molecule has 1 heterocycles. The number of nitrogens with zero attached hydrogens (tertiary/aromatic N) is 2. The molecule has 0 aliphatic carbocycles. The van der Waals surface area contributed by atoms with Gasteiger partial charge in [0.25, 0.3) is 0 Å². The first kappa shape index (κ1) is 10.3. The minimum Gasteiger partial charge on any atom is -0.375 e. The van der Waals surface area contributed by atoms with E-state index in [1.54, 1.807) is 0 Å². The van der Waals surface area contributed by atoms with Crippen LogP contribution in [0.3, 0.4) is 0 Å². The van der Waals surface area contributed by atoms with Crippen LogP contribution in [0, 0.1) is 6.92 Å². The first-order valence-corrected chi connectivity index (χ1v) is 4.77. The van der Waals surface area contributed by atoms with Crippen LogP contribution in [-0.4, -0.2) is 16.2 Å². The van der Waals surface area contributed by atoms with E-state index in [1.165, 1.54) is 0 Å². The normalized spacial score (nSPS) is 11.2. The molecule has 3 nitrogen and oxygen atoms in total. The predicted molar refractivity (Wildman–Crippen MR) is 52.7 cm³/mol. The minimum absolute atomic E-state index is 0.475. The van der Waals surface area contributed by atoms with E-state index in [1.807, 2.05) is 13.8 Å². The second kappa shape index (κ2) is 4.42. The summed E-state index contributed by atoms with van der Waals surface area (Å²) in [5.41, 5.74) is 1.02. The van der Waals surface area contributed by atoms with Gasteiger partial charge in [0.1, 0.15) is 5.82 Å². The minimum atomic E-state index is 0.475. The van der Waals surface area contributed by atoms with Gasteiger partial charge in [-0.05, 0) is 27.7 Å². The summed E-state index contributed by atoms with van der Waals surface area (Å²) in [7, 11) is 0. The lowest BCUT2D eigenvalue weighted by Gasteiger charge is -2.07. The summed E-state index contributed by atoms with van der Waals surface area (Å²) in [6, 6.07) is 0.475. The van der Waals surface area contributed by atoms with Gasteiger partial charge >= 0.3 is 0 Å². The van der Waals surface area contributed by atoms with E-state index in [2.05, 4.69) is 29.6 Å². The van der Waals surface area contributed by atoms with Crippen LogP contribution >= 0.6 is 0 Å². The lowest BCUT2D eigenvalue weighted by Crippen LogP contribution is -2.00. The van der Waals surface area contributed by atoms with Crippen LogP contribution in [0.15, 0.2) is 6.20 Å². The second-order valence-corrected chi connectivity index (χ2v) is 3.42. The van der Waals surface area contributed by atoms with Crippen LogP contribution < -0.4 is 0 Å². The van der Waals surface area contributed by atoms with Crippen molar-refractivity contribution < 1.29 is 4.74 Å². The maximum Gasteiger partial charge on any atom is 0.106 e. The molecule has 1 aromatic rings. The van der Waals surface area contributed by atoms with Crippen molar-refractivity contribution in [3.8, 4) is 0 Å². The van der Waals surface area contributed by atoms with Gasteiger partial charge in [-0.15, -0.1) is 0 Å². The molecule has 0 unspecified atom stereocenters. The molecule has 1 aromatic heterocycles. The summed E-state index contributed by atoms with van der Waals surface area (Å²) in [6.07, 6.45) is 2.07. The molecule has 13 heavy (non-hydrogen) atoms. The molecule has 0 aromatic carbocycles. The number of imidazole rings is 1. The highest BCUT2D eigenvalue weighted by atomic mass is 16.5. The Balaban J connectivity index is 2.71. The molecule has 0 atom stereocenters. The molecule has 1 rings (SSSR count). The third-order valence-electron chi connectivity index (χ3n) is 1.98. The Kier molecular flexibility index (Phi) is 3.48. The topological polar surface area (TPSA) is 27.1 Å². The van der Waals surface area contributed by atoms with E-state index in [9.17, 15) is 0 Å². The van der Waals surface area contributed by atoms with Crippen LogP contribution in [0.2, 0.25) is 0 Å². The quantitative estimate of drug-likeness (QED) is 0.714. The van der Waals surface area contributed by atoms with Gasteiger partial charge < -0.3 is 9.30 Å². The van der Waals surface area contributed by atoms with E-state index < -0.39 is 0 Å². The zero-order valence-corrected chi connectivity index (χ0v) is 8.87. The fourth-order valence-corrected chi connectivity index (χ4v) is 1.35. The largest absolute Gasteiger partial charge is 0.375 e. The van der Waals surface area contributed by atoms with Crippen molar-refractivity contribution in [2.75, 3.05) is 6.61 Å². The van der Waals surface area contributed by atoms with Crippen LogP contribution in [0.4, 0.5) is 0 Å². The fourth-order valence-electron chi connectivity index (χ4n) is 1.35. The van der Waals surface area contributed by atoms with Crippen LogP contribution in [-0.2, 0) is 11.3 Å². The molecule has 0 fully saturated rings. The van der Waals surface area contributed by atoms with Gasteiger partial charge in [-0.2, -0.15) is 0 Å².